The van der Waals surface area contributed by atoms with E-state index >= 15 is 0 Å². The molecule has 4 rings (SSSR count). The van der Waals surface area contributed by atoms with Crippen molar-refractivity contribution in [1.29, 1.82) is 0 Å². The Morgan fingerprint density at radius 2 is 2.04 bits per heavy atom. The zero-order chi connectivity index (χ0) is 16.1. The van der Waals surface area contributed by atoms with Crippen LogP contribution in [0.3, 0.4) is 0 Å². The minimum Gasteiger partial charge on any atom is -0.364 e. The molecule has 0 saturated heterocycles. The van der Waals surface area contributed by atoms with Gasteiger partial charge in [0, 0.05) is 12.6 Å². The molecule has 1 amide bonds. The summed E-state index contributed by atoms with van der Waals surface area (Å²) < 4.78 is 3.46. The van der Waals surface area contributed by atoms with E-state index in [4.69, 9.17) is 5.73 Å². The lowest BCUT2D eigenvalue weighted by molar-refractivity contribution is 0.0993. The number of benzene rings is 1. The van der Waals surface area contributed by atoms with Gasteiger partial charge in [0.2, 0.25) is 0 Å². The highest BCUT2D eigenvalue weighted by Gasteiger charge is 2.14. The molecule has 0 aliphatic rings. The Labute approximate surface area is 131 Å². The molecule has 1 aromatic carbocycles. The van der Waals surface area contributed by atoms with E-state index in [9.17, 15) is 4.79 Å². The molecule has 3 heterocycles. The number of carbonyl (C=O) groups is 1. The van der Waals surface area contributed by atoms with Gasteiger partial charge >= 0.3 is 0 Å². The van der Waals surface area contributed by atoms with Gasteiger partial charge < -0.3 is 10.3 Å². The fourth-order valence-electron chi connectivity index (χ4n) is 2.72. The number of rotatable bonds is 2. The van der Waals surface area contributed by atoms with Crippen LogP contribution >= 0.6 is 0 Å². The van der Waals surface area contributed by atoms with Crippen LogP contribution in [-0.4, -0.2) is 30.1 Å². The van der Waals surface area contributed by atoms with Gasteiger partial charge in [-0.1, -0.05) is 6.07 Å². The number of aromatic nitrogens is 5. The summed E-state index contributed by atoms with van der Waals surface area (Å²) in [4.78, 5) is 20.1. The molecule has 0 spiro atoms. The maximum atomic E-state index is 11.5. The molecule has 7 nitrogen and oxygen atoms in total. The Hall–Kier alpha value is -3.22. The van der Waals surface area contributed by atoms with E-state index in [1.807, 2.05) is 42.8 Å². The van der Waals surface area contributed by atoms with E-state index in [-0.39, 0.29) is 5.69 Å². The molecular weight excluding hydrogens is 292 g/mol. The molecule has 0 aliphatic heterocycles. The number of hydrogen-bond donors (Lipinski definition) is 1. The lowest BCUT2D eigenvalue weighted by Gasteiger charge is -2.06. The number of amides is 1. The highest BCUT2D eigenvalue weighted by molar-refractivity contribution is 5.92. The minimum atomic E-state index is -0.552. The van der Waals surface area contributed by atoms with Gasteiger partial charge in [0.1, 0.15) is 5.69 Å². The Kier molecular flexibility index (Phi) is 2.71. The normalized spacial score (nSPS) is 11.4. The van der Waals surface area contributed by atoms with Gasteiger partial charge in [0.15, 0.2) is 5.65 Å². The number of aryl methyl sites for hydroxylation is 2. The molecule has 0 radical (unpaired) electrons. The highest BCUT2D eigenvalue weighted by atomic mass is 16.1. The first kappa shape index (κ1) is 13.4. The lowest BCUT2D eigenvalue weighted by atomic mass is 10.1. The van der Waals surface area contributed by atoms with E-state index in [1.165, 1.54) is 10.7 Å². The predicted molar refractivity (Wildman–Crippen MR) is 85.9 cm³/mol. The molecule has 0 atom stereocenters. The minimum absolute atomic E-state index is 0.270. The number of fused-ring (bicyclic) bond motifs is 2. The molecule has 4 aromatic rings. The van der Waals surface area contributed by atoms with Gasteiger partial charge in [-0.25, -0.2) is 14.5 Å². The first-order chi connectivity index (χ1) is 11.0. The molecule has 3 aromatic heterocycles. The monoisotopic (exact) mass is 306 g/mol. The molecule has 0 aliphatic carbocycles. The van der Waals surface area contributed by atoms with Crippen molar-refractivity contribution in [3.63, 3.8) is 0 Å². The summed E-state index contributed by atoms with van der Waals surface area (Å²) in [6, 6.07) is 7.89. The van der Waals surface area contributed by atoms with Crippen LogP contribution in [0.1, 0.15) is 16.1 Å². The SMILES string of the molecule is Cc1cc(-c2ccc3ncn(C)c3c2)nn2c(C(N)=O)cnc12. The van der Waals surface area contributed by atoms with Crippen molar-refractivity contribution in [3.8, 4) is 11.3 Å². The first-order valence-corrected chi connectivity index (χ1v) is 7.11. The van der Waals surface area contributed by atoms with Crippen molar-refractivity contribution in [2.45, 2.75) is 6.92 Å². The van der Waals surface area contributed by atoms with Crippen LogP contribution in [0.4, 0.5) is 0 Å². The number of imidazole rings is 2. The standard InChI is InChI=1S/C16H14N6O/c1-9-5-12(20-22-14(15(17)23)7-18-16(9)22)10-3-4-11-13(6-10)21(2)8-19-11/h3-8H,1-2H3,(H2,17,23). The number of carbonyl (C=O) groups excluding carboxylic acids is 1. The maximum absolute atomic E-state index is 11.5. The van der Waals surface area contributed by atoms with Gasteiger partial charge in [-0.3, -0.25) is 4.79 Å². The van der Waals surface area contributed by atoms with Crippen molar-refractivity contribution in [1.82, 2.24) is 24.1 Å². The topological polar surface area (TPSA) is 91.1 Å². The first-order valence-electron chi connectivity index (χ1n) is 7.11. The van der Waals surface area contributed by atoms with E-state index in [1.54, 1.807) is 6.33 Å². The Morgan fingerprint density at radius 1 is 1.22 bits per heavy atom. The Morgan fingerprint density at radius 3 is 2.83 bits per heavy atom. The third-order valence-corrected chi connectivity index (χ3v) is 3.93. The van der Waals surface area contributed by atoms with E-state index in [2.05, 4.69) is 15.1 Å². The smallest absolute Gasteiger partial charge is 0.269 e. The van der Waals surface area contributed by atoms with E-state index < -0.39 is 5.91 Å². The van der Waals surface area contributed by atoms with Gasteiger partial charge in [-0.2, -0.15) is 5.10 Å². The summed E-state index contributed by atoms with van der Waals surface area (Å²) in [5, 5.41) is 4.53. The van der Waals surface area contributed by atoms with Crippen molar-refractivity contribution in [2.75, 3.05) is 0 Å². The van der Waals surface area contributed by atoms with Crippen molar-refractivity contribution >= 4 is 22.6 Å². The molecule has 0 bridgehead atoms. The van der Waals surface area contributed by atoms with Crippen LogP contribution in [-0.2, 0) is 7.05 Å². The quantitative estimate of drug-likeness (QED) is 0.610. The largest absolute Gasteiger partial charge is 0.364 e. The Balaban J connectivity index is 1.97. The second kappa shape index (κ2) is 4.64. The fourth-order valence-corrected chi connectivity index (χ4v) is 2.72. The van der Waals surface area contributed by atoms with Crippen molar-refractivity contribution in [2.24, 2.45) is 12.8 Å². The number of hydrogen-bond acceptors (Lipinski definition) is 4. The number of nitrogens with two attached hydrogens (primary N) is 1. The van der Waals surface area contributed by atoms with Crippen LogP contribution < -0.4 is 5.73 Å². The molecule has 2 N–H and O–H groups in total. The highest BCUT2D eigenvalue weighted by Crippen LogP contribution is 2.24. The fraction of sp³-hybridized carbons (Fsp3) is 0.125. The molecule has 23 heavy (non-hydrogen) atoms. The zero-order valence-corrected chi connectivity index (χ0v) is 12.7. The van der Waals surface area contributed by atoms with E-state index in [0.29, 0.717) is 5.65 Å². The summed E-state index contributed by atoms with van der Waals surface area (Å²) in [6.07, 6.45) is 3.23. The second-order valence-corrected chi connectivity index (χ2v) is 5.51. The lowest BCUT2D eigenvalue weighted by Crippen LogP contribution is -2.15. The molecule has 0 fully saturated rings. The third-order valence-electron chi connectivity index (χ3n) is 3.93. The zero-order valence-electron chi connectivity index (χ0n) is 12.7. The average Bonchev–Trinajstić information content (AvgIpc) is 3.11. The maximum Gasteiger partial charge on any atom is 0.269 e. The van der Waals surface area contributed by atoms with Gasteiger partial charge in [0.05, 0.1) is 29.3 Å². The van der Waals surface area contributed by atoms with Crippen LogP contribution in [0.25, 0.3) is 27.9 Å². The summed E-state index contributed by atoms with van der Waals surface area (Å²) in [7, 11) is 1.95. The Bertz CT molecular complexity index is 1080. The van der Waals surface area contributed by atoms with Crippen LogP contribution in [0, 0.1) is 6.92 Å². The van der Waals surface area contributed by atoms with Crippen LogP contribution in [0.5, 0.6) is 0 Å². The molecule has 114 valence electrons. The summed E-state index contributed by atoms with van der Waals surface area (Å²) in [6.45, 7) is 1.93. The van der Waals surface area contributed by atoms with Crippen LogP contribution in [0.2, 0.25) is 0 Å². The van der Waals surface area contributed by atoms with Gasteiger partial charge in [-0.05, 0) is 30.7 Å². The second-order valence-electron chi connectivity index (χ2n) is 5.51. The number of primary amides is 1. The molecular formula is C16H14N6O. The van der Waals surface area contributed by atoms with Gasteiger partial charge in [0.25, 0.3) is 5.91 Å². The average molecular weight is 306 g/mol. The van der Waals surface area contributed by atoms with Crippen LogP contribution in [0.15, 0.2) is 36.8 Å². The molecule has 7 heteroatoms. The predicted octanol–water partition coefficient (Wildman–Crippen LogP) is 1.69. The van der Waals surface area contributed by atoms with Crippen molar-refractivity contribution in [3.05, 3.63) is 48.0 Å². The molecule has 0 saturated carbocycles. The summed E-state index contributed by atoms with van der Waals surface area (Å²) in [5.41, 5.74) is 10.8. The third kappa shape index (κ3) is 1.97. The molecule has 0 unspecified atom stereocenters. The van der Waals surface area contributed by atoms with E-state index in [0.717, 1.165) is 27.9 Å². The summed E-state index contributed by atoms with van der Waals surface area (Å²) in [5.74, 6) is -0.552. The van der Waals surface area contributed by atoms with Crippen molar-refractivity contribution < 1.29 is 4.79 Å². The summed E-state index contributed by atoms with van der Waals surface area (Å²) >= 11 is 0. The number of nitrogens with zero attached hydrogens (tertiary/aromatic N) is 5. The van der Waals surface area contributed by atoms with Gasteiger partial charge in [-0.15, -0.1) is 0 Å².